The van der Waals surface area contributed by atoms with Crippen LogP contribution in [0.5, 0.6) is 5.75 Å². The van der Waals surface area contributed by atoms with Gasteiger partial charge in [0.1, 0.15) is 28.3 Å². The average molecular weight is 364 g/mol. The molecule has 0 spiro atoms. The lowest BCUT2D eigenvalue weighted by molar-refractivity contribution is 0.415. The Morgan fingerprint density at radius 3 is 2.50 bits per heavy atom. The molecular weight excluding hydrogens is 344 g/mol. The number of benzene rings is 1. The first-order valence-electron chi connectivity index (χ1n) is 8.28. The monoisotopic (exact) mass is 364 g/mol. The third-order valence-electron chi connectivity index (χ3n) is 4.13. The summed E-state index contributed by atoms with van der Waals surface area (Å²) in [7, 11) is 1.66. The van der Waals surface area contributed by atoms with Crippen molar-refractivity contribution in [2.75, 3.05) is 12.4 Å². The molecule has 1 atom stereocenters. The number of aryl methyl sites for hydroxylation is 2. The summed E-state index contributed by atoms with van der Waals surface area (Å²) >= 11 is 1.66. The predicted octanol–water partition coefficient (Wildman–Crippen LogP) is 4.88. The summed E-state index contributed by atoms with van der Waals surface area (Å²) in [6.45, 7) is 5.97. The lowest BCUT2D eigenvalue weighted by Gasteiger charge is -2.14. The maximum atomic E-state index is 9.15. The summed E-state index contributed by atoms with van der Waals surface area (Å²) in [4.78, 5) is 10.2. The molecule has 2 heterocycles. The highest BCUT2D eigenvalue weighted by atomic mass is 32.1. The molecule has 2 aromatic heterocycles. The molecule has 1 N–H and O–H groups in total. The fraction of sp³-hybridized carbons (Fsp3) is 0.250. The van der Waals surface area contributed by atoms with E-state index in [1.807, 2.05) is 50.2 Å². The molecule has 0 aliphatic rings. The van der Waals surface area contributed by atoms with Crippen LogP contribution in [0.3, 0.4) is 0 Å². The minimum absolute atomic E-state index is 0.0428. The molecule has 0 saturated carbocycles. The lowest BCUT2D eigenvalue weighted by atomic mass is 10.2. The van der Waals surface area contributed by atoms with Gasteiger partial charge in [-0.05, 0) is 56.7 Å². The van der Waals surface area contributed by atoms with Gasteiger partial charge in [-0.1, -0.05) is 6.07 Å². The highest BCUT2D eigenvalue weighted by Gasteiger charge is 2.16. The Labute approximate surface area is 157 Å². The SMILES string of the molecule is COc1ccc(-c2nc(C)c(C(C)Nc3ccc(C)c(C#N)n3)s2)cc1. The van der Waals surface area contributed by atoms with Gasteiger partial charge < -0.3 is 10.1 Å². The van der Waals surface area contributed by atoms with Crippen LogP contribution in [0, 0.1) is 25.2 Å². The number of hydrogen-bond acceptors (Lipinski definition) is 6. The molecule has 0 radical (unpaired) electrons. The van der Waals surface area contributed by atoms with Crippen LogP contribution in [-0.4, -0.2) is 17.1 Å². The normalized spacial score (nSPS) is 11.7. The van der Waals surface area contributed by atoms with Crippen molar-refractivity contribution < 1.29 is 4.74 Å². The average Bonchev–Trinajstić information content (AvgIpc) is 3.05. The second kappa shape index (κ2) is 7.54. The fourth-order valence-electron chi connectivity index (χ4n) is 2.68. The van der Waals surface area contributed by atoms with E-state index in [1.165, 1.54) is 0 Å². The summed E-state index contributed by atoms with van der Waals surface area (Å²) in [5, 5.41) is 13.5. The van der Waals surface area contributed by atoms with E-state index in [0.29, 0.717) is 11.5 Å². The standard InChI is InChI=1S/C20H20N4OS/c1-12-5-10-18(24-17(12)11-21)22-13(2)19-14(3)23-20(26-19)15-6-8-16(25-4)9-7-15/h5-10,13H,1-4H3,(H,22,24). The van der Waals surface area contributed by atoms with Gasteiger partial charge in [-0.15, -0.1) is 11.3 Å². The Bertz CT molecular complexity index is 957. The van der Waals surface area contributed by atoms with Gasteiger partial charge in [0.2, 0.25) is 0 Å². The number of nitrogens with zero attached hydrogens (tertiary/aromatic N) is 3. The zero-order valence-electron chi connectivity index (χ0n) is 15.2. The summed E-state index contributed by atoms with van der Waals surface area (Å²) in [5.41, 5.74) is 3.38. The van der Waals surface area contributed by atoms with Crippen LogP contribution in [0.2, 0.25) is 0 Å². The first-order chi connectivity index (χ1) is 12.5. The van der Waals surface area contributed by atoms with Crippen LogP contribution in [0.4, 0.5) is 5.82 Å². The van der Waals surface area contributed by atoms with Crippen molar-refractivity contribution in [3.63, 3.8) is 0 Å². The van der Waals surface area contributed by atoms with E-state index in [9.17, 15) is 0 Å². The number of anilines is 1. The number of methoxy groups -OCH3 is 1. The minimum atomic E-state index is 0.0428. The van der Waals surface area contributed by atoms with Gasteiger partial charge in [0.05, 0.1) is 18.8 Å². The molecule has 0 saturated heterocycles. The molecule has 6 heteroatoms. The van der Waals surface area contributed by atoms with Crippen molar-refractivity contribution >= 4 is 17.2 Å². The van der Waals surface area contributed by atoms with Gasteiger partial charge in [-0.2, -0.15) is 5.26 Å². The third-order valence-corrected chi connectivity index (χ3v) is 5.52. The van der Waals surface area contributed by atoms with Gasteiger partial charge in [0.15, 0.2) is 0 Å². The Hall–Kier alpha value is -2.91. The number of nitriles is 1. The van der Waals surface area contributed by atoms with E-state index in [0.717, 1.165) is 32.5 Å². The number of hydrogen-bond donors (Lipinski definition) is 1. The maximum Gasteiger partial charge on any atom is 0.145 e. The van der Waals surface area contributed by atoms with Crippen LogP contribution < -0.4 is 10.1 Å². The van der Waals surface area contributed by atoms with Crippen molar-refractivity contribution in [1.82, 2.24) is 9.97 Å². The van der Waals surface area contributed by atoms with Crippen LogP contribution >= 0.6 is 11.3 Å². The topological polar surface area (TPSA) is 70.8 Å². The fourth-order valence-corrected chi connectivity index (χ4v) is 3.75. The third kappa shape index (κ3) is 3.68. The van der Waals surface area contributed by atoms with Crippen LogP contribution in [0.15, 0.2) is 36.4 Å². The largest absolute Gasteiger partial charge is 0.497 e. The first-order valence-corrected chi connectivity index (χ1v) is 9.09. The lowest BCUT2D eigenvalue weighted by Crippen LogP contribution is -2.08. The maximum absolute atomic E-state index is 9.15. The van der Waals surface area contributed by atoms with Gasteiger partial charge in [-0.3, -0.25) is 0 Å². The smallest absolute Gasteiger partial charge is 0.145 e. The molecule has 0 bridgehead atoms. The first kappa shape index (κ1) is 17.9. The molecule has 0 aliphatic heterocycles. The van der Waals surface area contributed by atoms with Crippen molar-refractivity contribution in [2.45, 2.75) is 26.8 Å². The van der Waals surface area contributed by atoms with E-state index >= 15 is 0 Å². The summed E-state index contributed by atoms with van der Waals surface area (Å²) in [5.74, 6) is 1.52. The van der Waals surface area contributed by atoms with E-state index in [2.05, 4.69) is 23.3 Å². The van der Waals surface area contributed by atoms with Gasteiger partial charge in [0, 0.05) is 10.4 Å². The Morgan fingerprint density at radius 1 is 1.12 bits per heavy atom. The zero-order chi connectivity index (χ0) is 18.7. The van der Waals surface area contributed by atoms with Crippen LogP contribution in [0.1, 0.15) is 34.8 Å². The number of rotatable bonds is 5. The molecule has 132 valence electrons. The molecule has 0 aliphatic carbocycles. The van der Waals surface area contributed by atoms with Gasteiger partial charge in [-0.25, -0.2) is 9.97 Å². The van der Waals surface area contributed by atoms with Crippen molar-refractivity contribution in [3.05, 3.63) is 58.2 Å². The van der Waals surface area contributed by atoms with E-state index < -0.39 is 0 Å². The number of pyridine rings is 1. The Morgan fingerprint density at radius 2 is 1.85 bits per heavy atom. The molecule has 3 aromatic rings. The number of nitrogens with one attached hydrogen (secondary N) is 1. The molecule has 5 nitrogen and oxygen atoms in total. The molecule has 1 aromatic carbocycles. The predicted molar refractivity (Wildman–Crippen MR) is 105 cm³/mol. The van der Waals surface area contributed by atoms with E-state index in [1.54, 1.807) is 18.4 Å². The van der Waals surface area contributed by atoms with Crippen LogP contribution in [-0.2, 0) is 0 Å². The van der Waals surface area contributed by atoms with Crippen molar-refractivity contribution in [3.8, 4) is 22.4 Å². The Balaban J connectivity index is 1.83. The summed E-state index contributed by atoms with van der Waals surface area (Å²) in [6, 6.07) is 13.9. The van der Waals surface area contributed by atoms with E-state index in [-0.39, 0.29) is 6.04 Å². The summed E-state index contributed by atoms with van der Waals surface area (Å²) in [6.07, 6.45) is 0. The molecular formula is C20H20N4OS. The number of aromatic nitrogens is 2. The second-order valence-corrected chi connectivity index (χ2v) is 7.07. The molecule has 3 rings (SSSR count). The quantitative estimate of drug-likeness (QED) is 0.699. The van der Waals surface area contributed by atoms with Gasteiger partial charge in [0.25, 0.3) is 0 Å². The molecule has 1 unspecified atom stereocenters. The minimum Gasteiger partial charge on any atom is -0.497 e. The van der Waals surface area contributed by atoms with Crippen LogP contribution in [0.25, 0.3) is 10.6 Å². The molecule has 26 heavy (non-hydrogen) atoms. The van der Waals surface area contributed by atoms with Crippen molar-refractivity contribution in [2.24, 2.45) is 0 Å². The second-order valence-electron chi connectivity index (χ2n) is 6.04. The number of thiazole rings is 1. The van der Waals surface area contributed by atoms with Crippen molar-refractivity contribution in [1.29, 1.82) is 5.26 Å². The van der Waals surface area contributed by atoms with Gasteiger partial charge >= 0.3 is 0 Å². The zero-order valence-corrected chi connectivity index (χ0v) is 16.0. The van der Waals surface area contributed by atoms with E-state index in [4.69, 9.17) is 15.0 Å². The molecule has 0 amide bonds. The summed E-state index contributed by atoms with van der Waals surface area (Å²) < 4.78 is 5.21. The number of ether oxygens (including phenoxy) is 1. The highest BCUT2D eigenvalue weighted by Crippen LogP contribution is 2.33. The molecule has 0 fully saturated rings. The Kier molecular flexibility index (Phi) is 5.19. The highest BCUT2D eigenvalue weighted by molar-refractivity contribution is 7.15.